The zero-order valence-corrected chi connectivity index (χ0v) is 49.9. The van der Waals surface area contributed by atoms with Gasteiger partial charge in [-0.05, 0) is 83.5 Å². The van der Waals surface area contributed by atoms with E-state index in [2.05, 4.69) is 81.5 Å². The molecule has 0 heterocycles. The standard InChI is InChI=1S/C64H115O11P/c1-4-7-10-13-16-19-22-25-28-29-30-31-34-37-40-43-46-49-52-55-64(68)75-61(57-71-62(66)53-50-47-44-41-38-35-32-26-23-20-17-14-11-8-5-2)59-73-76(69,70)72-58-60(56-65)74-63(67)54-51-48-45-42-39-36-33-27-24-21-18-15-12-9-6-3/h8,11,17-18,20-21,26-27,32-33,60-61,65H,4-7,9-10,12-16,19,22-25,28-31,34-59H2,1-3H3,(H,69,70)/b11-8-,20-17-,21-18-,32-26-,33-27-. The van der Waals surface area contributed by atoms with E-state index in [0.717, 1.165) is 116 Å². The lowest BCUT2D eigenvalue weighted by Gasteiger charge is -2.21. The molecule has 0 amide bonds. The highest BCUT2D eigenvalue weighted by molar-refractivity contribution is 7.47. The fourth-order valence-corrected chi connectivity index (χ4v) is 9.48. The molecule has 442 valence electrons. The number of hydrogen-bond donors (Lipinski definition) is 2. The van der Waals surface area contributed by atoms with Gasteiger partial charge in [-0.3, -0.25) is 23.4 Å². The molecule has 11 nitrogen and oxygen atoms in total. The normalized spacial score (nSPS) is 13.7. The zero-order valence-electron chi connectivity index (χ0n) is 49.0. The molecule has 2 N–H and O–H groups in total. The average molecular weight is 1090 g/mol. The van der Waals surface area contributed by atoms with Crippen LogP contribution in [0.5, 0.6) is 0 Å². The van der Waals surface area contributed by atoms with Gasteiger partial charge in [0.1, 0.15) is 12.7 Å². The third-order valence-corrected chi connectivity index (χ3v) is 14.4. The molecule has 0 fully saturated rings. The SMILES string of the molecule is CC/C=C\C/C=C\C/C=C\CCCCCCCC(=O)OCC(COP(=O)(O)OCC(CO)OC(=O)CCCCCCC/C=C\C/C=C\CCCCC)OC(=O)CCCCCCCCCCCCCCCCCCCCC. The summed E-state index contributed by atoms with van der Waals surface area (Å²) in [5.74, 6) is -1.48. The first kappa shape index (κ1) is 73.2. The molecule has 0 radical (unpaired) electrons. The van der Waals surface area contributed by atoms with E-state index in [1.54, 1.807) is 0 Å². The van der Waals surface area contributed by atoms with Crippen LogP contribution in [-0.2, 0) is 42.2 Å². The fourth-order valence-electron chi connectivity index (χ4n) is 8.70. The minimum Gasteiger partial charge on any atom is -0.462 e. The maximum atomic E-state index is 12.9. The molecule has 0 aliphatic rings. The van der Waals surface area contributed by atoms with Crippen LogP contribution in [0.4, 0.5) is 0 Å². The monoisotopic (exact) mass is 1090 g/mol. The molecule has 0 saturated carbocycles. The Labute approximate surface area is 465 Å². The Kier molecular flexibility index (Phi) is 56.2. The van der Waals surface area contributed by atoms with E-state index >= 15 is 0 Å². The topological polar surface area (TPSA) is 155 Å². The van der Waals surface area contributed by atoms with Crippen LogP contribution in [-0.4, -0.2) is 66.5 Å². The molecule has 0 bridgehead atoms. The van der Waals surface area contributed by atoms with Crippen LogP contribution >= 0.6 is 7.82 Å². The summed E-state index contributed by atoms with van der Waals surface area (Å²) in [5, 5.41) is 9.83. The number of aliphatic hydroxyl groups is 1. The Morgan fingerprint density at radius 2 is 0.684 bits per heavy atom. The molecule has 12 heteroatoms. The van der Waals surface area contributed by atoms with Gasteiger partial charge in [-0.25, -0.2) is 4.57 Å². The highest BCUT2D eigenvalue weighted by Gasteiger charge is 2.28. The Morgan fingerprint density at radius 3 is 1.08 bits per heavy atom. The molecule has 0 rings (SSSR count). The van der Waals surface area contributed by atoms with E-state index in [4.69, 9.17) is 23.3 Å². The van der Waals surface area contributed by atoms with Crippen molar-refractivity contribution in [1.29, 1.82) is 0 Å². The van der Waals surface area contributed by atoms with E-state index in [9.17, 15) is 28.9 Å². The van der Waals surface area contributed by atoms with Gasteiger partial charge in [0, 0.05) is 19.3 Å². The van der Waals surface area contributed by atoms with Crippen LogP contribution in [0.15, 0.2) is 60.8 Å². The first-order valence-corrected chi connectivity index (χ1v) is 32.7. The van der Waals surface area contributed by atoms with Gasteiger partial charge in [0.25, 0.3) is 0 Å². The Balaban J connectivity index is 4.71. The second-order valence-corrected chi connectivity index (χ2v) is 22.3. The van der Waals surface area contributed by atoms with Gasteiger partial charge < -0.3 is 24.2 Å². The molecule has 3 atom stereocenters. The molecule has 0 spiro atoms. The summed E-state index contributed by atoms with van der Waals surface area (Å²) in [5.41, 5.74) is 0. The Hall–Kier alpha value is -2.82. The second-order valence-electron chi connectivity index (χ2n) is 20.8. The summed E-state index contributed by atoms with van der Waals surface area (Å²) in [4.78, 5) is 48.7. The number of unbranched alkanes of at least 4 members (excludes halogenated alkanes) is 31. The summed E-state index contributed by atoms with van der Waals surface area (Å²) < 4.78 is 39.6. The molecule has 0 aromatic heterocycles. The largest absolute Gasteiger partial charge is 0.472 e. The van der Waals surface area contributed by atoms with Gasteiger partial charge in [0.15, 0.2) is 6.10 Å². The van der Waals surface area contributed by atoms with Gasteiger partial charge >= 0.3 is 25.7 Å². The molecular weight excluding hydrogens is 976 g/mol. The molecule has 0 saturated heterocycles. The van der Waals surface area contributed by atoms with Crippen molar-refractivity contribution in [3.8, 4) is 0 Å². The summed E-state index contributed by atoms with van der Waals surface area (Å²) in [6.07, 6.45) is 64.6. The number of esters is 3. The molecule has 3 unspecified atom stereocenters. The van der Waals surface area contributed by atoms with Crippen molar-refractivity contribution in [2.24, 2.45) is 0 Å². The van der Waals surface area contributed by atoms with E-state index in [0.29, 0.717) is 19.3 Å². The fraction of sp³-hybridized carbons (Fsp3) is 0.797. The van der Waals surface area contributed by atoms with Crippen molar-refractivity contribution in [1.82, 2.24) is 0 Å². The van der Waals surface area contributed by atoms with Crippen LogP contribution in [0.1, 0.15) is 290 Å². The summed E-state index contributed by atoms with van der Waals surface area (Å²) in [6, 6.07) is 0. The summed E-state index contributed by atoms with van der Waals surface area (Å²) in [6.45, 7) is 4.52. The number of hydrogen-bond acceptors (Lipinski definition) is 10. The van der Waals surface area contributed by atoms with Crippen molar-refractivity contribution in [2.45, 2.75) is 303 Å². The summed E-state index contributed by atoms with van der Waals surface area (Å²) in [7, 11) is -4.76. The lowest BCUT2D eigenvalue weighted by molar-refractivity contribution is -0.161. The first-order valence-electron chi connectivity index (χ1n) is 31.2. The number of rotatable bonds is 58. The summed E-state index contributed by atoms with van der Waals surface area (Å²) >= 11 is 0. The minimum absolute atomic E-state index is 0.161. The van der Waals surface area contributed by atoms with Crippen molar-refractivity contribution >= 4 is 25.7 Å². The third kappa shape index (κ3) is 55.9. The van der Waals surface area contributed by atoms with E-state index in [-0.39, 0.29) is 25.9 Å². The lowest BCUT2D eigenvalue weighted by Crippen LogP contribution is -2.30. The van der Waals surface area contributed by atoms with Gasteiger partial charge in [-0.15, -0.1) is 0 Å². The van der Waals surface area contributed by atoms with Crippen LogP contribution in [0, 0.1) is 0 Å². The van der Waals surface area contributed by atoms with E-state index in [1.807, 2.05) is 0 Å². The van der Waals surface area contributed by atoms with Gasteiger partial charge in [-0.2, -0.15) is 0 Å². The number of aliphatic hydroxyl groups excluding tert-OH is 1. The number of phosphoric acid groups is 1. The zero-order chi connectivity index (χ0) is 55.5. The van der Waals surface area contributed by atoms with E-state index < -0.39 is 57.8 Å². The minimum atomic E-state index is -4.76. The smallest absolute Gasteiger partial charge is 0.462 e. The predicted molar refractivity (Wildman–Crippen MR) is 316 cm³/mol. The average Bonchev–Trinajstić information content (AvgIpc) is 3.41. The quantitative estimate of drug-likeness (QED) is 0.0197. The van der Waals surface area contributed by atoms with Crippen molar-refractivity contribution < 1.29 is 52.2 Å². The van der Waals surface area contributed by atoms with Crippen LogP contribution < -0.4 is 0 Å². The Morgan fingerprint density at radius 1 is 0.382 bits per heavy atom. The number of carbonyl (C=O) groups excluding carboxylic acids is 3. The van der Waals surface area contributed by atoms with E-state index in [1.165, 1.54) is 116 Å². The molecule has 0 aliphatic carbocycles. The number of ether oxygens (including phenoxy) is 3. The molecule has 76 heavy (non-hydrogen) atoms. The number of allylic oxidation sites excluding steroid dienone is 10. The molecule has 0 aromatic rings. The number of carbonyl (C=O) groups is 3. The molecule has 0 aliphatic heterocycles. The van der Waals surface area contributed by atoms with Crippen molar-refractivity contribution in [2.75, 3.05) is 26.4 Å². The molecular formula is C64H115O11P. The first-order chi connectivity index (χ1) is 37.2. The third-order valence-electron chi connectivity index (χ3n) is 13.4. The van der Waals surface area contributed by atoms with Gasteiger partial charge in [0.2, 0.25) is 0 Å². The van der Waals surface area contributed by atoms with Crippen molar-refractivity contribution in [3.63, 3.8) is 0 Å². The van der Waals surface area contributed by atoms with Gasteiger partial charge in [0.05, 0.1) is 19.8 Å². The maximum absolute atomic E-state index is 12.9. The highest BCUT2D eigenvalue weighted by Crippen LogP contribution is 2.43. The second kappa shape index (κ2) is 58.3. The van der Waals surface area contributed by atoms with Crippen molar-refractivity contribution in [3.05, 3.63) is 60.8 Å². The predicted octanol–water partition coefficient (Wildman–Crippen LogP) is 18.7. The van der Waals surface area contributed by atoms with Crippen LogP contribution in [0.3, 0.4) is 0 Å². The lowest BCUT2D eigenvalue weighted by atomic mass is 10.0. The highest BCUT2D eigenvalue weighted by atomic mass is 31.2. The maximum Gasteiger partial charge on any atom is 0.472 e. The Bertz CT molecular complexity index is 1510. The van der Waals surface area contributed by atoms with Crippen LogP contribution in [0.2, 0.25) is 0 Å². The van der Waals surface area contributed by atoms with Gasteiger partial charge in [-0.1, -0.05) is 248 Å². The van der Waals surface area contributed by atoms with Crippen LogP contribution in [0.25, 0.3) is 0 Å². The number of phosphoric ester groups is 1. The molecule has 0 aromatic carbocycles.